The maximum Gasteiger partial charge on any atom is 0.0992 e. The van der Waals surface area contributed by atoms with E-state index in [9.17, 15) is 5.26 Å². The molecule has 0 saturated carbocycles. The van der Waals surface area contributed by atoms with Gasteiger partial charge in [-0.25, -0.2) is 0 Å². The topological polar surface area (TPSA) is 43.2 Å². The van der Waals surface area contributed by atoms with E-state index in [-0.39, 0.29) is 0 Å². The molecule has 0 unspecified atom stereocenters. The van der Waals surface area contributed by atoms with E-state index >= 15 is 0 Å². The number of nitriles is 1. The Kier molecular flexibility index (Phi) is 22.7. The second-order valence-corrected chi connectivity index (χ2v) is 32.6. The third-order valence-corrected chi connectivity index (χ3v) is 24.8. The van der Waals surface area contributed by atoms with Gasteiger partial charge in [-0.2, -0.15) is 5.26 Å². The summed E-state index contributed by atoms with van der Waals surface area (Å²) in [6.45, 7) is 0. The Hall–Kier alpha value is -17.1. The number of para-hydroxylation sites is 1. The van der Waals surface area contributed by atoms with Gasteiger partial charge in [0.15, 0.2) is 0 Å². The summed E-state index contributed by atoms with van der Waals surface area (Å²) < 4.78 is 0. The van der Waals surface area contributed by atoms with Crippen LogP contribution in [0, 0.1) is 11.3 Å². The van der Waals surface area contributed by atoms with E-state index in [1.165, 1.54) is 109 Å². The van der Waals surface area contributed by atoms with Crippen LogP contribution in [0.2, 0.25) is 0 Å². The number of anilines is 15. The second-order valence-electron chi connectivity index (χ2n) is 32.6. The maximum absolute atomic E-state index is 9.28. The van der Waals surface area contributed by atoms with Crippen LogP contribution in [-0.4, -0.2) is 21.1 Å². The van der Waals surface area contributed by atoms with Crippen LogP contribution in [-0.2, 0) is 0 Å². The Labute approximate surface area is 753 Å². The Bertz CT molecular complexity index is 7550. The van der Waals surface area contributed by atoms with Gasteiger partial charge in [-0.15, -0.1) is 0 Å². The Balaban J connectivity index is 0.000000121. The van der Waals surface area contributed by atoms with Crippen LogP contribution in [0.1, 0.15) is 5.56 Å². The number of benzene rings is 22. The molecule has 0 spiro atoms. The minimum atomic E-state index is 0.655. The van der Waals surface area contributed by atoms with Crippen LogP contribution in [0.5, 0.6) is 0 Å². The molecule has 0 aliphatic heterocycles. The fraction of sp³-hybridized carbons (Fsp3) is 0.0246. The van der Waals surface area contributed by atoms with Gasteiger partial charge in [0.1, 0.15) is 0 Å². The van der Waals surface area contributed by atoms with E-state index in [4.69, 9.17) is 0 Å². The zero-order valence-corrected chi connectivity index (χ0v) is 72.0. The normalized spacial score (nSPS) is 11.1. The van der Waals surface area contributed by atoms with Crippen molar-refractivity contribution in [2.75, 3.05) is 50.5 Å². The van der Waals surface area contributed by atoms with Crippen molar-refractivity contribution in [1.29, 1.82) is 5.26 Å². The third-order valence-electron chi connectivity index (χ3n) is 24.8. The molecule has 0 radical (unpaired) electrons. The lowest BCUT2D eigenvalue weighted by Crippen LogP contribution is -2.11. The summed E-state index contributed by atoms with van der Waals surface area (Å²) in [5.74, 6) is 0. The number of nitrogens with zero attached hydrogens (tertiary/aromatic N) is 7. The van der Waals surface area contributed by atoms with Crippen LogP contribution in [0.15, 0.2) is 497 Å². The first kappa shape index (κ1) is 80.4. The van der Waals surface area contributed by atoms with Crippen molar-refractivity contribution in [2.45, 2.75) is 0 Å². The van der Waals surface area contributed by atoms with Gasteiger partial charge in [0, 0.05) is 111 Å². The fourth-order valence-corrected chi connectivity index (χ4v) is 17.8. The van der Waals surface area contributed by atoms with Crippen LogP contribution in [0.4, 0.5) is 85.3 Å². The molecule has 0 amide bonds. The molecule has 0 atom stereocenters. The summed E-state index contributed by atoms with van der Waals surface area (Å²) in [5, 5.41) is 26.5. The standard InChI is InChI=1S/C43H32N2.C40H29N3.C39H30N2/c1-44(43-16-8-14-35-11-6-7-15-42(35)43)38-23-17-33(18-24-38)34-19-25-39(26-20-34)45(40-27-21-31-9-2-4-12-36(31)29-40)41-28-22-32-10-3-5-13-37(32)30-41;1-42(36-14-6-9-29(27-36)28-41)34-23-19-30(20-24-34)31-21-25-35(26-22-31)43(39-17-7-12-32-10-2-4-15-37(32)39)40-18-8-13-33-11-3-5-16-38(33)40;1-40(35-13-3-2-4-14-35)36-21-15-31(16-22-36)32-17-23-37(24-18-32)41(38-25-19-29-9-5-7-11-33(29)27-38)39-26-20-30-10-6-8-12-34(30)28-39/h2-30H,1H3;2-27H,1H3;2-28H,1H3. The fourth-order valence-electron chi connectivity index (χ4n) is 17.8. The minimum absolute atomic E-state index is 0.655. The van der Waals surface area contributed by atoms with Gasteiger partial charge >= 0.3 is 0 Å². The lowest BCUT2D eigenvalue weighted by molar-refractivity contribution is 1.21. The van der Waals surface area contributed by atoms with E-state index in [1.807, 2.05) is 37.4 Å². The number of rotatable bonds is 18. The van der Waals surface area contributed by atoms with Crippen LogP contribution in [0.25, 0.3) is 109 Å². The minimum Gasteiger partial charge on any atom is -0.345 e. The lowest BCUT2D eigenvalue weighted by atomic mass is 10.0. The Morgan fingerprint density at radius 3 is 0.729 bits per heavy atom. The summed E-state index contributed by atoms with van der Waals surface area (Å²) in [4.78, 5) is 13.6. The third kappa shape index (κ3) is 17.0. The monoisotopic (exact) mass is 1650 g/mol. The Morgan fingerprint density at radius 1 is 0.155 bits per heavy atom. The second kappa shape index (κ2) is 36.4. The van der Waals surface area contributed by atoms with Gasteiger partial charge in [-0.05, 0) is 262 Å². The van der Waals surface area contributed by atoms with E-state index in [0.29, 0.717) is 5.56 Å². The molecule has 129 heavy (non-hydrogen) atoms. The van der Waals surface area contributed by atoms with E-state index in [2.05, 4.69) is 517 Å². The highest BCUT2D eigenvalue weighted by Crippen LogP contribution is 2.46. The summed E-state index contributed by atoms with van der Waals surface area (Å²) in [7, 11) is 6.27. The highest BCUT2D eigenvalue weighted by molar-refractivity contribution is 6.06. The van der Waals surface area contributed by atoms with Crippen molar-refractivity contribution >= 4 is 161 Å². The van der Waals surface area contributed by atoms with E-state index in [0.717, 1.165) is 85.1 Å². The van der Waals surface area contributed by atoms with Crippen molar-refractivity contribution in [3.63, 3.8) is 0 Å². The largest absolute Gasteiger partial charge is 0.345 e. The molecule has 0 heterocycles. The molecular weight excluding hydrogens is 1560 g/mol. The van der Waals surface area contributed by atoms with E-state index in [1.54, 1.807) is 0 Å². The molecule has 0 N–H and O–H groups in total. The highest BCUT2D eigenvalue weighted by atomic mass is 15.2. The highest BCUT2D eigenvalue weighted by Gasteiger charge is 2.22. The zero-order valence-electron chi connectivity index (χ0n) is 72.0. The molecule has 7 nitrogen and oxygen atoms in total. The van der Waals surface area contributed by atoms with Gasteiger partial charge in [-0.1, -0.05) is 328 Å². The van der Waals surface area contributed by atoms with Crippen molar-refractivity contribution in [3.8, 4) is 39.4 Å². The van der Waals surface area contributed by atoms with Crippen molar-refractivity contribution < 1.29 is 0 Å². The molecular formula is C122H91N7. The molecule has 22 aromatic rings. The first-order valence-corrected chi connectivity index (χ1v) is 43.8. The van der Waals surface area contributed by atoms with Gasteiger partial charge < -0.3 is 29.4 Å². The summed E-state index contributed by atoms with van der Waals surface area (Å²) in [5.41, 5.74) is 24.7. The lowest BCUT2D eigenvalue weighted by Gasteiger charge is -2.28. The predicted octanol–water partition coefficient (Wildman–Crippen LogP) is 33.7. The molecule has 0 aromatic heterocycles. The zero-order chi connectivity index (χ0) is 86.9. The molecule has 0 saturated heterocycles. The van der Waals surface area contributed by atoms with Crippen molar-refractivity contribution in [1.82, 2.24) is 0 Å². The summed E-state index contributed by atoms with van der Waals surface area (Å²) in [6.07, 6.45) is 0. The first-order chi connectivity index (χ1) is 63.6. The van der Waals surface area contributed by atoms with Crippen molar-refractivity contribution in [2.24, 2.45) is 0 Å². The molecule has 0 aliphatic rings. The number of fused-ring (bicyclic) bond motifs is 7. The van der Waals surface area contributed by atoms with Crippen LogP contribution in [0.3, 0.4) is 0 Å². The molecule has 0 bridgehead atoms. The molecule has 0 fully saturated rings. The van der Waals surface area contributed by atoms with Gasteiger partial charge in [-0.3, -0.25) is 0 Å². The summed E-state index contributed by atoms with van der Waals surface area (Å²) >= 11 is 0. The predicted molar refractivity (Wildman–Crippen MR) is 550 cm³/mol. The van der Waals surface area contributed by atoms with Gasteiger partial charge in [0.05, 0.1) is 23.0 Å². The maximum atomic E-state index is 9.28. The number of hydrogen-bond acceptors (Lipinski definition) is 7. The SMILES string of the molecule is CN(c1ccc(-c2ccc(N(c3ccc4ccccc4c3)c3ccc4ccccc4c3)cc2)cc1)c1cccc2ccccc12.CN(c1ccc(-c2ccc(N(c3cccc4ccccc34)c3cccc4ccccc34)cc2)cc1)c1cccc(C#N)c1.CN(c1ccccc1)c1ccc(-c2ccc(N(c3ccc4ccccc4c3)c3ccc4ccccc4c3)cc2)cc1. The van der Waals surface area contributed by atoms with Gasteiger partial charge in [0.25, 0.3) is 0 Å². The summed E-state index contributed by atoms with van der Waals surface area (Å²) in [6, 6.07) is 179. The molecule has 614 valence electrons. The smallest absolute Gasteiger partial charge is 0.0992 e. The first-order valence-electron chi connectivity index (χ1n) is 43.8. The van der Waals surface area contributed by atoms with Crippen LogP contribution >= 0.6 is 0 Å². The molecule has 7 heteroatoms. The van der Waals surface area contributed by atoms with Crippen molar-refractivity contribution in [3.05, 3.63) is 503 Å². The molecule has 22 rings (SSSR count). The van der Waals surface area contributed by atoms with Crippen LogP contribution < -0.4 is 29.4 Å². The molecule has 22 aromatic carbocycles. The Morgan fingerprint density at radius 2 is 0.388 bits per heavy atom. The average molecular weight is 1660 g/mol. The quantitative estimate of drug-likeness (QED) is 0.0848. The van der Waals surface area contributed by atoms with Gasteiger partial charge in [0.2, 0.25) is 0 Å². The number of hydrogen-bond donors (Lipinski definition) is 0. The average Bonchev–Trinajstić information content (AvgIpc) is 0.848. The molecule has 0 aliphatic carbocycles. The van der Waals surface area contributed by atoms with E-state index < -0.39 is 0 Å².